The van der Waals surface area contributed by atoms with Crippen molar-refractivity contribution in [1.82, 2.24) is 24.9 Å². The summed E-state index contributed by atoms with van der Waals surface area (Å²) in [5.41, 5.74) is 1.79. The fourth-order valence-corrected chi connectivity index (χ4v) is 1.79. The summed E-state index contributed by atoms with van der Waals surface area (Å²) < 4.78 is 0. The first-order chi connectivity index (χ1) is 23.2. The Kier molecular flexibility index (Phi) is 71.5. The summed E-state index contributed by atoms with van der Waals surface area (Å²) in [5, 5.41) is 1.93. The van der Waals surface area contributed by atoms with Crippen LogP contribution in [-0.4, -0.2) is 24.9 Å². The molecule has 6 heteroatoms. The lowest BCUT2D eigenvalue weighted by Crippen LogP contribution is -1.66. The maximum atomic E-state index is 3.78. The molecule has 51 heavy (non-hydrogen) atoms. The summed E-state index contributed by atoms with van der Waals surface area (Å²) in [4.78, 5) is 18.7. The smallest absolute Gasteiger partial charge is 0.115 e. The van der Waals surface area contributed by atoms with E-state index in [9.17, 15) is 0 Å². The highest BCUT2D eigenvalue weighted by atomic mass is 32.1. The van der Waals surface area contributed by atoms with Gasteiger partial charge in [0.1, 0.15) is 6.33 Å². The molecular weight excluding hydrogens is 643 g/mol. The van der Waals surface area contributed by atoms with Crippen molar-refractivity contribution in [2.24, 2.45) is 29.6 Å². The van der Waals surface area contributed by atoms with Crippen LogP contribution in [0, 0.1) is 29.6 Å². The van der Waals surface area contributed by atoms with Crippen LogP contribution in [0.5, 0.6) is 0 Å². The van der Waals surface area contributed by atoms with Gasteiger partial charge in [0.05, 0.1) is 5.51 Å². The summed E-state index contributed by atoms with van der Waals surface area (Å²) in [7, 11) is 0. The van der Waals surface area contributed by atoms with Crippen molar-refractivity contribution in [2.75, 3.05) is 0 Å². The van der Waals surface area contributed by atoms with Crippen LogP contribution >= 0.6 is 11.3 Å². The first-order valence-electron chi connectivity index (χ1n) is 17.4. The van der Waals surface area contributed by atoms with Gasteiger partial charge in [0, 0.05) is 48.8 Å². The second-order valence-electron chi connectivity index (χ2n) is 13.4. The van der Waals surface area contributed by atoms with E-state index in [1.54, 1.807) is 66.3 Å². The maximum absolute atomic E-state index is 3.78. The van der Waals surface area contributed by atoms with Gasteiger partial charge in [-0.05, 0) is 59.9 Å². The second-order valence-corrected chi connectivity index (χ2v) is 14.2. The molecule has 0 aliphatic rings. The van der Waals surface area contributed by atoms with Crippen LogP contribution in [0.25, 0.3) is 0 Å². The van der Waals surface area contributed by atoms with Crippen molar-refractivity contribution >= 4 is 11.3 Å². The lowest BCUT2D eigenvalue weighted by Gasteiger charge is -1.79. The lowest BCUT2D eigenvalue weighted by molar-refractivity contribution is 0.736. The molecule has 0 aliphatic heterocycles. The van der Waals surface area contributed by atoms with Gasteiger partial charge in [0.2, 0.25) is 0 Å². The summed E-state index contributed by atoms with van der Waals surface area (Å²) in [6.07, 6.45) is 13.6. The van der Waals surface area contributed by atoms with Gasteiger partial charge in [0.15, 0.2) is 0 Å². The second kappa shape index (κ2) is 58.4. The first-order valence-corrected chi connectivity index (χ1v) is 18.3. The van der Waals surface area contributed by atoms with Crippen molar-refractivity contribution in [2.45, 2.75) is 119 Å². The van der Waals surface area contributed by atoms with Crippen LogP contribution in [0.3, 0.4) is 0 Å². The molecule has 1 aromatic carbocycles. The average molecular weight is 724 g/mol. The van der Waals surface area contributed by atoms with Crippen LogP contribution in [0.15, 0.2) is 139 Å². The highest BCUT2D eigenvalue weighted by Crippen LogP contribution is 1.86. The fraction of sp³-hybridized carbons (Fsp3) is 0.489. The van der Waals surface area contributed by atoms with Crippen molar-refractivity contribution in [3.8, 4) is 0 Å². The fourth-order valence-electron chi connectivity index (χ4n) is 1.44. The van der Waals surface area contributed by atoms with E-state index in [4.69, 9.17) is 0 Å². The minimum absolute atomic E-state index is 0. The van der Waals surface area contributed by atoms with E-state index in [1.165, 1.54) is 6.33 Å². The molecule has 4 aromatic heterocycles. The molecule has 292 valence electrons. The molecule has 5 rings (SSSR count). The number of nitrogens with zero attached hydrogens (tertiary/aromatic N) is 5. The van der Waals surface area contributed by atoms with Gasteiger partial charge >= 0.3 is 0 Å². The molecule has 5 nitrogen and oxygen atoms in total. The Hall–Kier alpha value is -3.77. The third-order valence-corrected chi connectivity index (χ3v) is 3.15. The van der Waals surface area contributed by atoms with E-state index < -0.39 is 0 Å². The number of rotatable bonds is 0. The Morgan fingerprint density at radius 3 is 0.608 bits per heavy atom. The average Bonchev–Trinajstić information content (AvgIpc) is 3.65. The van der Waals surface area contributed by atoms with Gasteiger partial charge in [-0.2, -0.15) is 0 Å². The Bertz CT molecular complexity index is 778. The number of pyridine rings is 2. The quantitative estimate of drug-likeness (QED) is 0.159. The monoisotopic (exact) mass is 724 g/mol. The SMILES string of the molecule is C.C.CC(C)C.CC(C)C.CC(C)C.CC(C)C.CC(C)C.c1ccccc1.c1ccncc1.c1ccncc1.c1cncnc1.c1cscn1. The Balaban J connectivity index is -0.0000000846. The molecule has 0 atom stereocenters. The van der Waals surface area contributed by atoms with Crippen LogP contribution in [0.4, 0.5) is 0 Å². The summed E-state index contributed by atoms with van der Waals surface area (Å²) in [6, 6.07) is 25.2. The van der Waals surface area contributed by atoms with Crippen LogP contribution in [0.2, 0.25) is 0 Å². The molecule has 0 amide bonds. The summed E-state index contributed by atoms with van der Waals surface area (Å²) in [5.74, 6) is 4.17. The summed E-state index contributed by atoms with van der Waals surface area (Å²) in [6.45, 7) is 32.5. The molecule has 5 aromatic rings. The van der Waals surface area contributed by atoms with Gasteiger partial charge in [0.25, 0.3) is 0 Å². The minimum atomic E-state index is 0. The van der Waals surface area contributed by atoms with Gasteiger partial charge in [-0.1, -0.05) is 167 Å². The molecule has 0 radical (unpaired) electrons. The third kappa shape index (κ3) is 142. The third-order valence-electron chi connectivity index (χ3n) is 2.62. The van der Waals surface area contributed by atoms with E-state index in [2.05, 4.69) is 129 Å². The number of benzene rings is 1. The molecule has 0 aliphatic carbocycles. The van der Waals surface area contributed by atoms with Crippen molar-refractivity contribution < 1.29 is 0 Å². The molecular formula is C45H81N5S. The lowest BCUT2D eigenvalue weighted by atomic mass is 10.3. The zero-order valence-electron chi connectivity index (χ0n) is 33.8. The molecule has 4 heterocycles. The van der Waals surface area contributed by atoms with E-state index in [1.807, 2.05) is 78.2 Å². The first kappa shape index (κ1) is 62.4. The highest BCUT2D eigenvalue weighted by Gasteiger charge is 1.70. The van der Waals surface area contributed by atoms with Crippen LogP contribution < -0.4 is 0 Å². The van der Waals surface area contributed by atoms with Crippen molar-refractivity contribution in [3.05, 3.63) is 139 Å². The number of hydrogen-bond donors (Lipinski definition) is 0. The van der Waals surface area contributed by atoms with Crippen molar-refractivity contribution in [1.29, 1.82) is 0 Å². The molecule has 0 spiro atoms. The largest absolute Gasteiger partial charge is 0.265 e. The van der Waals surface area contributed by atoms with Gasteiger partial charge in [-0.15, -0.1) is 11.3 Å². The number of hydrogen-bond acceptors (Lipinski definition) is 6. The predicted molar refractivity (Wildman–Crippen MR) is 235 cm³/mol. The molecule has 0 unspecified atom stereocenters. The van der Waals surface area contributed by atoms with Crippen LogP contribution in [0.1, 0.15) is 119 Å². The normalized spacial score (nSPS) is 8.08. The Morgan fingerprint density at radius 1 is 0.294 bits per heavy atom. The van der Waals surface area contributed by atoms with Crippen molar-refractivity contribution in [3.63, 3.8) is 0 Å². The Labute approximate surface area is 322 Å². The summed E-state index contributed by atoms with van der Waals surface area (Å²) >= 11 is 1.60. The van der Waals surface area contributed by atoms with Gasteiger partial charge in [-0.25, -0.2) is 9.97 Å². The van der Waals surface area contributed by atoms with E-state index in [0.29, 0.717) is 0 Å². The van der Waals surface area contributed by atoms with Crippen LogP contribution in [-0.2, 0) is 0 Å². The zero-order valence-corrected chi connectivity index (χ0v) is 34.6. The highest BCUT2D eigenvalue weighted by molar-refractivity contribution is 7.07. The van der Waals surface area contributed by atoms with Gasteiger partial charge < -0.3 is 0 Å². The molecule has 0 saturated heterocycles. The minimum Gasteiger partial charge on any atom is -0.265 e. The number of aromatic nitrogens is 5. The maximum Gasteiger partial charge on any atom is 0.115 e. The van der Waals surface area contributed by atoms with E-state index >= 15 is 0 Å². The van der Waals surface area contributed by atoms with Gasteiger partial charge in [-0.3, -0.25) is 15.0 Å². The number of thiazole rings is 1. The molecule has 0 bridgehead atoms. The zero-order chi connectivity index (χ0) is 38.4. The standard InChI is InChI=1S/C6H6.2C5H5N.C4H4N2.5C4H10.C3H3NS.2CH4/c3*1-2-4-6-5-3-1;1-2-5-4-6-3-1;5*1-4(2)3;1-2-5-3-4-1;;/h1-6H;2*1-5H;1-4H;5*4H,1-3H3;1-3H;2*1H4. The Morgan fingerprint density at radius 2 is 0.529 bits per heavy atom. The van der Waals surface area contributed by atoms with E-state index in [-0.39, 0.29) is 14.9 Å². The van der Waals surface area contributed by atoms with E-state index in [0.717, 1.165) is 29.6 Å². The molecule has 0 saturated carbocycles. The predicted octanol–water partition coefficient (Wildman–Crippen LogP) is 15.1. The molecule has 0 N–H and O–H groups in total. The molecule has 0 fully saturated rings. The topological polar surface area (TPSA) is 64.5 Å².